The summed E-state index contributed by atoms with van der Waals surface area (Å²) in [5, 5.41) is 7.86. The highest BCUT2D eigenvalue weighted by atomic mass is 19.3. The Balaban J connectivity index is 1.46. The second-order valence-electron chi connectivity index (χ2n) is 9.21. The van der Waals surface area contributed by atoms with Gasteiger partial charge in [0.25, 0.3) is 6.43 Å². The van der Waals surface area contributed by atoms with Crippen molar-refractivity contribution in [2.45, 2.75) is 38.8 Å². The molecule has 1 aliphatic heterocycles. The SMILES string of the molecule is COCCN1CCC(Nc2nc(OC)c3c(-c4ccc5nc(C)n(CC(F)F)c5c4)c(F)cn3n2)CC1. The first-order valence-corrected chi connectivity index (χ1v) is 12.2. The number of ether oxygens (including phenoxy) is 2. The van der Waals surface area contributed by atoms with E-state index < -0.39 is 18.8 Å². The van der Waals surface area contributed by atoms with Crippen LogP contribution in [0.4, 0.5) is 19.1 Å². The number of alkyl halides is 2. The predicted octanol–water partition coefficient (Wildman–Crippen LogP) is 3.99. The van der Waals surface area contributed by atoms with E-state index in [1.54, 1.807) is 32.2 Å². The van der Waals surface area contributed by atoms with E-state index in [1.807, 2.05) is 0 Å². The smallest absolute Gasteiger partial charge is 0.256 e. The lowest BCUT2D eigenvalue weighted by molar-refractivity contribution is 0.127. The van der Waals surface area contributed by atoms with Crippen LogP contribution in [-0.4, -0.2) is 82.0 Å². The number of halogens is 3. The number of likely N-dealkylation sites (tertiary alicyclic amines) is 1. The largest absolute Gasteiger partial charge is 0.479 e. The average molecular weight is 518 g/mol. The topological polar surface area (TPSA) is 81.7 Å². The molecule has 9 nitrogen and oxygen atoms in total. The Morgan fingerprint density at radius 3 is 2.65 bits per heavy atom. The molecule has 0 aliphatic carbocycles. The minimum Gasteiger partial charge on any atom is -0.479 e. The summed E-state index contributed by atoms with van der Waals surface area (Å²) in [4.78, 5) is 11.2. The number of piperidine rings is 1. The number of aryl methyl sites for hydroxylation is 1. The second-order valence-corrected chi connectivity index (χ2v) is 9.21. The Morgan fingerprint density at radius 2 is 1.95 bits per heavy atom. The Kier molecular flexibility index (Phi) is 7.20. The monoisotopic (exact) mass is 517 g/mol. The van der Waals surface area contributed by atoms with Crippen molar-refractivity contribution in [3.05, 3.63) is 36.0 Å². The molecule has 0 atom stereocenters. The zero-order chi connectivity index (χ0) is 26.1. The van der Waals surface area contributed by atoms with E-state index in [-0.39, 0.29) is 17.5 Å². The van der Waals surface area contributed by atoms with E-state index in [0.717, 1.165) is 32.5 Å². The summed E-state index contributed by atoms with van der Waals surface area (Å²) in [5.74, 6) is 0.511. The number of methoxy groups -OCH3 is 2. The van der Waals surface area contributed by atoms with Crippen LogP contribution in [-0.2, 0) is 11.3 Å². The zero-order valence-electron chi connectivity index (χ0n) is 21.0. The molecule has 3 aromatic heterocycles. The van der Waals surface area contributed by atoms with Crippen molar-refractivity contribution in [2.24, 2.45) is 0 Å². The van der Waals surface area contributed by atoms with Crippen LogP contribution in [0.2, 0.25) is 0 Å². The van der Waals surface area contributed by atoms with Crippen LogP contribution in [0.25, 0.3) is 27.7 Å². The standard InChI is InChI=1S/C25H30F3N7O2/c1-15-29-19-5-4-16(12-20(19)34(15)14-21(27)28)22-18(26)13-35-23(22)24(37-3)31-25(32-35)30-17-6-8-33(9-7-17)10-11-36-2/h4-5,12-13,17,21H,6-11,14H2,1-3H3,(H,30,32). The number of aromatic nitrogens is 5. The maximum absolute atomic E-state index is 15.3. The van der Waals surface area contributed by atoms with Gasteiger partial charge in [-0.3, -0.25) is 0 Å². The van der Waals surface area contributed by atoms with E-state index >= 15 is 4.39 Å². The highest BCUT2D eigenvalue weighted by Gasteiger charge is 2.24. The maximum Gasteiger partial charge on any atom is 0.256 e. The van der Waals surface area contributed by atoms with E-state index in [0.29, 0.717) is 40.5 Å². The van der Waals surface area contributed by atoms with Gasteiger partial charge < -0.3 is 24.3 Å². The molecule has 4 aromatic rings. The van der Waals surface area contributed by atoms with Crippen molar-refractivity contribution in [2.75, 3.05) is 45.8 Å². The Morgan fingerprint density at radius 1 is 1.16 bits per heavy atom. The fourth-order valence-corrected chi connectivity index (χ4v) is 4.97. The zero-order valence-corrected chi connectivity index (χ0v) is 21.0. The van der Waals surface area contributed by atoms with Crippen molar-refractivity contribution in [3.8, 4) is 17.0 Å². The lowest BCUT2D eigenvalue weighted by Crippen LogP contribution is -2.40. The van der Waals surface area contributed by atoms with Crippen molar-refractivity contribution in [1.29, 1.82) is 0 Å². The van der Waals surface area contributed by atoms with Gasteiger partial charge >= 0.3 is 0 Å². The first-order chi connectivity index (χ1) is 17.9. The molecule has 1 fully saturated rings. The van der Waals surface area contributed by atoms with Crippen molar-refractivity contribution in [3.63, 3.8) is 0 Å². The van der Waals surface area contributed by atoms with Gasteiger partial charge in [-0.1, -0.05) is 6.07 Å². The summed E-state index contributed by atoms with van der Waals surface area (Å²) in [6, 6.07) is 5.26. The Labute approximate surface area is 212 Å². The number of imidazole rings is 1. The molecule has 0 saturated carbocycles. The minimum atomic E-state index is -2.54. The first kappa shape index (κ1) is 25.3. The number of rotatable bonds is 9. The molecule has 0 bridgehead atoms. The number of hydrogen-bond donors (Lipinski definition) is 1. The molecule has 1 aliphatic rings. The Hall–Kier alpha value is -3.38. The van der Waals surface area contributed by atoms with Crippen LogP contribution in [0, 0.1) is 12.7 Å². The van der Waals surface area contributed by atoms with Gasteiger partial charge in [0.1, 0.15) is 11.3 Å². The maximum atomic E-state index is 15.3. The lowest BCUT2D eigenvalue weighted by Gasteiger charge is -2.32. The Bertz CT molecular complexity index is 1400. The third kappa shape index (κ3) is 5.08. The summed E-state index contributed by atoms with van der Waals surface area (Å²) in [5.41, 5.74) is 2.15. The summed E-state index contributed by atoms with van der Waals surface area (Å²) in [6.45, 7) is 4.67. The summed E-state index contributed by atoms with van der Waals surface area (Å²) in [7, 11) is 3.17. The number of nitrogens with one attached hydrogen (secondary N) is 1. The number of hydrogen-bond acceptors (Lipinski definition) is 7. The van der Waals surface area contributed by atoms with Crippen LogP contribution >= 0.6 is 0 Å². The molecule has 1 saturated heterocycles. The van der Waals surface area contributed by atoms with Crippen LogP contribution in [0.5, 0.6) is 5.88 Å². The summed E-state index contributed by atoms with van der Waals surface area (Å²) < 4.78 is 55.2. The molecule has 5 rings (SSSR count). The van der Waals surface area contributed by atoms with Gasteiger partial charge in [0.15, 0.2) is 5.82 Å². The van der Waals surface area contributed by atoms with E-state index in [4.69, 9.17) is 9.47 Å². The van der Waals surface area contributed by atoms with E-state index in [1.165, 1.54) is 22.4 Å². The number of nitrogens with zero attached hydrogens (tertiary/aromatic N) is 6. The van der Waals surface area contributed by atoms with Crippen LogP contribution in [0.3, 0.4) is 0 Å². The van der Waals surface area contributed by atoms with E-state index in [9.17, 15) is 8.78 Å². The molecule has 1 N–H and O–H groups in total. The molecule has 12 heteroatoms. The predicted molar refractivity (Wildman–Crippen MR) is 134 cm³/mol. The van der Waals surface area contributed by atoms with Gasteiger partial charge in [0.05, 0.1) is 43.1 Å². The second kappa shape index (κ2) is 10.5. The molecule has 4 heterocycles. The van der Waals surface area contributed by atoms with Crippen LogP contribution in [0.1, 0.15) is 18.7 Å². The van der Waals surface area contributed by atoms with Crippen LogP contribution < -0.4 is 10.1 Å². The molecule has 1 aromatic carbocycles. The molecule has 0 amide bonds. The average Bonchev–Trinajstić information content (AvgIpc) is 3.37. The lowest BCUT2D eigenvalue weighted by atomic mass is 10.1. The first-order valence-electron chi connectivity index (χ1n) is 12.2. The number of benzene rings is 1. The van der Waals surface area contributed by atoms with Crippen molar-refractivity contribution >= 4 is 22.5 Å². The highest BCUT2D eigenvalue weighted by molar-refractivity contribution is 5.90. The van der Waals surface area contributed by atoms with Gasteiger partial charge in [0.2, 0.25) is 11.8 Å². The quantitative estimate of drug-likeness (QED) is 0.360. The van der Waals surface area contributed by atoms with E-state index in [2.05, 4.69) is 25.3 Å². The fraction of sp³-hybridized carbons (Fsp3) is 0.480. The normalized spacial score (nSPS) is 15.3. The summed E-state index contributed by atoms with van der Waals surface area (Å²) >= 11 is 0. The van der Waals surface area contributed by atoms with Crippen molar-refractivity contribution in [1.82, 2.24) is 29.0 Å². The highest BCUT2D eigenvalue weighted by Crippen LogP contribution is 2.36. The third-order valence-corrected chi connectivity index (χ3v) is 6.83. The molecule has 37 heavy (non-hydrogen) atoms. The molecule has 198 valence electrons. The van der Waals surface area contributed by atoms with Gasteiger partial charge in [-0.2, -0.15) is 4.98 Å². The van der Waals surface area contributed by atoms with Gasteiger partial charge in [-0.25, -0.2) is 22.7 Å². The molecular formula is C25H30F3N7O2. The van der Waals surface area contributed by atoms with Gasteiger partial charge in [0, 0.05) is 32.8 Å². The molecule has 0 unspecified atom stereocenters. The third-order valence-electron chi connectivity index (χ3n) is 6.83. The van der Waals surface area contributed by atoms with Crippen LogP contribution in [0.15, 0.2) is 24.4 Å². The number of anilines is 1. The number of fused-ring (bicyclic) bond motifs is 2. The minimum absolute atomic E-state index is 0.182. The van der Waals surface area contributed by atoms with Gasteiger partial charge in [-0.05, 0) is 37.5 Å². The van der Waals surface area contributed by atoms with Gasteiger partial charge in [-0.15, -0.1) is 5.10 Å². The molecule has 0 spiro atoms. The van der Waals surface area contributed by atoms with Crippen molar-refractivity contribution < 1.29 is 22.6 Å². The summed E-state index contributed by atoms with van der Waals surface area (Å²) in [6.07, 6.45) is 0.581. The molecule has 0 radical (unpaired) electrons. The molecular weight excluding hydrogens is 487 g/mol. The fourth-order valence-electron chi connectivity index (χ4n) is 4.97.